The van der Waals surface area contributed by atoms with Gasteiger partial charge in [0.2, 0.25) is 5.75 Å². The van der Waals surface area contributed by atoms with Crippen molar-refractivity contribution >= 4 is 0 Å². The van der Waals surface area contributed by atoms with Gasteiger partial charge in [-0.25, -0.2) is 0 Å². The number of nitrogens with zero attached hydrogens (tertiary/aromatic N) is 3. The summed E-state index contributed by atoms with van der Waals surface area (Å²) in [4.78, 5) is 7.47. The topological polar surface area (TPSA) is 65.1 Å². The van der Waals surface area contributed by atoms with E-state index < -0.39 is 0 Å². The average Bonchev–Trinajstić information content (AvgIpc) is 3.18. The van der Waals surface area contributed by atoms with Gasteiger partial charge in [-0.2, -0.15) is 0 Å². The predicted octanol–water partition coefficient (Wildman–Crippen LogP) is 8.15. The van der Waals surface area contributed by atoms with E-state index in [1.807, 2.05) is 6.07 Å². The first-order chi connectivity index (χ1) is 25.9. The van der Waals surface area contributed by atoms with Crippen LogP contribution in [0.15, 0.2) is 54.6 Å². The van der Waals surface area contributed by atoms with Crippen molar-refractivity contribution in [1.82, 2.24) is 14.7 Å². The summed E-state index contributed by atoms with van der Waals surface area (Å²) in [5.74, 6) is 5.66. The molecule has 9 heteroatoms. The molecule has 4 aromatic rings. The maximum atomic E-state index is 7.26. The number of ether oxygens (including phenoxy) is 6. The van der Waals surface area contributed by atoms with Crippen LogP contribution in [0.4, 0.5) is 0 Å². The molecule has 2 atom stereocenters. The number of benzene rings is 4. The molecule has 2 unspecified atom stereocenters. The summed E-state index contributed by atoms with van der Waals surface area (Å²) in [5.41, 5.74) is 8.56. The molecule has 53 heavy (non-hydrogen) atoms. The molecule has 5 aliphatic rings. The zero-order chi connectivity index (χ0) is 36.6. The highest BCUT2D eigenvalue weighted by molar-refractivity contribution is 5.67. The van der Waals surface area contributed by atoms with Crippen LogP contribution in [0.5, 0.6) is 46.0 Å². The first-order valence-electron chi connectivity index (χ1n) is 19.1. The van der Waals surface area contributed by atoms with E-state index in [0.29, 0.717) is 28.7 Å². The molecule has 0 aliphatic carbocycles. The van der Waals surface area contributed by atoms with E-state index in [4.69, 9.17) is 28.4 Å². The summed E-state index contributed by atoms with van der Waals surface area (Å²) >= 11 is 0. The Kier molecular flexibility index (Phi) is 10.2. The second kappa shape index (κ2) is 15.1. The minimum atomic E-state index is -0.0180. The van der Waals surface area contributed by atoms with Crippen LogP contribution in [0.3, 0.4) is 0 Å². The van der Waals surface area contributed by atoms with Gasteiger partial charge in [0.15, 0.2) is 34.5 Å². The number of fused-ring (bicyclic) bond motifs is 2. The number of likely N-dealkylation sites (N-methyl/N-ethyl adjacent to an activating group) is 2. The Labute approximate surface area is 314 Å². The molecule has 0 aromatic heterocycles. The third kappa shape index (κ3) is 6.79. The van der Waals surface area contributed by atoms with Gasteiger partial charge in [-0.1, -0.05) is 24.6 Å². The lowest BCUT2D eigenvalue weighted by atomic mass is 9.84. The lowest BCUT2D eigenvalue weighted by Gasteiger charge is -2.39. The molecule has 5 aliphatic heterocycles. The molecule has 0 saturated carbocycles. The fourth-order valence-corrected chi connectivity index (χ4v) is 9.01. The standard InChI is InChI=1S/C44H53N3O6/c1-45-20-16-30-25-38(49-4)40-26-33(30)35(45)22-28-10-13-31(14-11-28)52-39-24-29(12-15-37(39)48-3)23-36-41-32(17-21-46(36)2)34(27-47-18-8-7-9-19-47)42(50-5)44(51-6)43(41)53-40/h10-15,24-26,35-36H,7-9,16-23,27H2,1-6H3. The number of likely N-dealkylation sites (tertiary alicyclic amines) is 1. The van der Waals surface area contributed by atoms with E-state index in [9.17, 15) is 0 Å². The summed E-state index contributed by atoms with van der Waals surface area (Å²) in [6.45, 7) is 4.85. The van der Waals surface area contributed by atoms with Crippen LogP contribution < -0.4 is 28.4 Å². The van der Waals surface area contributed by atoms with Gasteiger partial charge in [0.25, 0.3) is 0 Å². The van der Waals surface area contributed by atoms with Crippen LogP contribution in [0, 0.1) is 0 Å². The van der Waals surface area contributed by atoms with Gasteiger partial charge in [-0.05, 0) is 130 Å². The number of hydrogen-bond donors (Lipinski definition) is 0. The fraction of sp³-hybridized carbons (Fsp3) is 0.455. The minimum absolute atomic E-state index is 0.0180. The molecule has 9 nitrogen and oxygen atoms in total. The van der Waals surface area contributed by atoms with E-state index in [1.54, 1.807) is 28.4 Å². The van der Waals surface area contributed by atoms with Crippen molar-refractivity contribution in [1.29, 1.82) is 0 Å². The van der Waals surface area contributed by atoms with Gasteiger partial charge in [0, 0.05) is 42.8 Å². The summed E-state index contributed by atoms with van der Waals surface area (Å²) in [6.07, 6.45) is 7.11. The van der Waals surface area contributed by atoms with Crippen LogP contribution in [-0.4, -0.2) is 83.4 Å². The molecule has 5 heterocycles. The van der Waals surface area contributed by atoms with Crippen molar-refractivity contribution in [3.8, 4) is 46.0 Å². The normalized spacial score (nSPS) is 20.3. The van der Waals surface area contributed by atoms with Crippen molar-refractivity contribution in [3.05, 3.63) is 93.5 Å². The van der Waals surface area contributed by atoms with Crippen molar-refractivity contribution in [3.63, 3.8) is 0 Å². The van der Waals surface area contributed by atoms with Gasteiger partial charge in [-0.15, -0.1) is 0 Å². The lowest BCUT2D eigenvalue weighted by Crippen LogP contribution is -2.36. The molecule has 0 N–H and O–H groups in total. The van der Waals surface area contributed by atoms with E-state index >= 15 is 0 Å². The molecule has 0 spiro atoms. The molecule has 0 amide bonds. The summed E-state index contributed by atoms with van der Waals surface area (Å²) in [6, 6.07) is 19.3. The first-order valence-corrected chi connectivity index (χ1v) is 19.1. The maximum absolute atomic E-state index is 7.26. The van der Waals surface area contributed by atoms with Crippen molar-refractivity contribution < 1.29 is 28.4 Å². The zero-order valence-corrected chi connectivity index (χ0v) is 32.1. The zero-order valence-electron chi connectivity index (χ0n) is 32.1. The molecule has 4 aromatic carbocycles. The largest absolute Gasteiger partial charge is 0.493 e. The number of methoxy groups -OCH3 is 4. The Morgan fingerprint density at radius 1 is 0.642 bits per heavy atom. The Morgan fingerprint density at radius 3 is 2.06 bits per heavy atom. The van der Waals surface area contributed by atoms with Crippen LogP contribution in [0.2, 0.25) is 0 Å². The summed E-state index contributed by atoms with van der Waals surface area (Å²) < 4.78 is 38.4. The first kappa shape index (κ1) is 35.6. The van der Waals surface area contributed by atoms with Crippen molar-refractivity contribution in [2.75, 3.05) is 68.7 Å². The third-order valence-electron chi connectivity index (χ3n) is 11.9. The molecule has 0 radical (unpaired) electrons. The average molecular weight is 720 g/mol. The minimum Gasteiger partial charge on any atom is -0.493 e. The summed E-state index contributed by atoms with van der Waals surface area (Å²) in [7, 11) is 11.3. The van der Waals surface area contributed by atoms with Crippen molar-refractivity contribution in [2.45, 2.75) is 63.6 Å². The third-order valence-corrected chi connectivity index (χ3v) is 11.9. The SMILES string of the molecule is COc1ccc2cc1Oc1ccc(cc1)CC1c3cc(c(OC)cc3CCN1C)Oc1c(OC)c(OC)c(CN3CCCCC3)c3c1C(C2)N(C)CC3. The number of rotatable bonds is 6. The van der Waals surface area contributed by atoms with Gasteiger partial charge in [-0.3, -0.25) is 14.7 Å². The lowest BCUT2D eigenvalue weighted by molar-refractivity contribution is 0.205. The maximum Gasteiger partial charge on any atom is 0.204 e. The molecular formula is C44H53N3O6. The highest BCUT2D eigenvalue weighted by Crippen LogP contribution is 2.54. The number of piperidine rings is 1. The van der Waals surface area contributed by atoms with Crippen LogP contribution >= 0.6 is 0 Å². The van der Waals surface area contributed by atoms with Gasteiger partial charge in [0.1, 0.15) is 5.75 Å². The highest BCUT2D eigenvalue weighted by Gasteiger charge is 2.37. The summed E-state index contributed by atoms with van der Waals surface area (Å²) in [5, 5.41) is 0. The fourth-order valence-electron chi connectivity index (χ4n) is 9.01. The van der Waals surface area contributed by atoms with Crippen LogP contribution in [0.25, 0.3) is 0 Å². The van der Waals surface area contributed by atoms with E-state index in [1.165, 1.54) is 47.1 Å². The quantitative estimate of drug-likeness (QED) is 0.197. The molecule has 6 bridgehead atoms. The molecular weight excluding hydrogens is 666 g/mol. The predicted molar refractivity (Wildman–Crippen MR) is 207 cm³/mol. The second-order valence-electron chi connectivity index (χ2n) is 15.0. The molecule has 1 saturated heterocycles. The van der Waals surface area contributed by atoms with E-state index in [2.05, 4.69) is 77.3 Å². The van der Waals surface area contributed by atoms with Gasteiger partial charge in [0.05, 0.1) is 28.4 Å². The molecule has 9 rings (SSSR count). The van der Waals surface area contributed by atoms with Gasteiger partial charge < -0.3 is 28.4 Å². The number of hydrogen-bond acceptors (Lipinski definition) is 9. The van der Waals surface area contributed by atoms with E-state index in [-0.39, 0.29) is 12.1 Å². The van der Waals surface area contributed by atoms with Crippen LogP contribution in [-0.2, 0) is 32.2 Å². The Bertz CT molecular complexity index is 1960. The molecule has 1 fully saturated rings. The highest BCUT2D eigenvalue weighted by atomic mass is 16.5. The van der Waals surface area contributed by atoms with Crippen LogP contribution in [0.1, 0.15) is 70.3 Å². The Morgan fingerprint density at radius 2 is 1.32 bits per heavy atom. The smallest absolute Gasteiger partial charge is 0.204 e. The Hall–Kier alpha value is -4.44. The Balaban J connectivity index is 1.37. The van der Waals surface area contributed by atoms with Crippen molar-refractivity contribution in [2.24, 2.45) is 0 Å². The monoisotopic (exact) mass is 719 g/mol. The molecule has 280 valence electrons. The second-order valence-corrected chi connectivity index (χ2v) is 15.0. The van der Waals surface area contributed by atoms with E-state index in [0.717, 1.165) is 86.8 Å². The van der Waals surface area contributed by atoms with Gasteiger partial charge >= 0.3 is 0 Å².